The van der Waals surface area contributed by atoms with Gasteiger partial charge in [-0.2, -0.15) is 0 Å². The number of nitrogens with zero attached hydrogens (tertiary/aromatic N) is 1. The summed E-state index contributed by atoms with van der Waals surface area (Å²) in [6.45, 7) is 12.0. The Balaban J connectivity index is 2.01. The van der Waals surface area contributed by atoms with Crippen LogP contribution in [0, 0.1) is 17.4 Å². The van der Waals surface area contributed by atoms with Gasteiger partial charge in [0.25, 0.3) is 0 Å². The van der Waals surface area contributed by atoms with Gasteiger partial charge in [-0.15, -0.1) is 0 Å². The Morgan fingerprint density at radius 2 is 1.79 bits per heavy atom. The van der Waals surface area contributed by atoms with Crippen LogP contribution in [0.25, 0.3) is 0 Å². The van der Waals surface area contributed by atoms with E-state index in [1.807, 2.05) is 34.6 Å². The molecule has 1 amide bonds. The van der Waals surface area contributed by atoms with E-state index in [0.29, 0.717) is 19.4 Å². The summed E-state index contributed by atoms with van der Waals surface area (Å²) in [5.74, 6) is -3.12. The maximum absolute atomic E-state index is 13.7. The van der Waals surface area contributed by atoms with E-state index in [9.17, 15) is 18.4 Å². The summed E-state index contributed by atoms with van der Waals surface area (Å²) in [6.07, 6.45) is -0.391. The molecule has 3 rings (SSSR count). The first-order valence-electron chi connectivity index (χ1n) is 11.6. The maximum atomic E-state index is 13.7. The second kappa shape index (κ2) is 9.76. The van der Waals surface area contributed by atoms with Crippen LogP contribution in [0.5, 0.6) is 0 Å². The van der Waals surface area contributed by atoms with Gasteiger partial charge in [-0.1, -0.05) is 0 Å². The first kappa shape index (κ1) is 26.3. The lowest BCUT2D eigenvalue weighted by Crippen LogP contribution is -2.47. The molecule has 1 aliphatic carbocycles. The van der Waals surface area contributed by atoms with Crippen LogP contribution in [-0.4, -0.2) is 40.9 Å². The minimum Gasteiger partial charge on any atom is -0.464 e. The van der Waals surface area contributed by atoms with Gasteiger partial charge in [0, 0.05) is 34.6 Å². The number of amides is 1. The number of carbonyl (C=O) groups is 2. The Kier molecular flexibility index (Phi) is 7.78. The molecular weight excluding hydrogens is 543 g/mol. The average Bonchev–Trinajstić information content (AvgIpc) is 2.71. The van der Waals surface area contributed by atoms with Gasteiger partial charge in [-0.25, -0.2) is 13.6 Å². The van der Waals surface area contributed by atoms with Crippen LogP contribution in [-0.2, 0) is 32.0 Å². The second-order valence-corrected chi connectivity index (χ2v) is 11.2. The van der Waals surface area contributed by atoms with Crippen molar-refractivity contribution in [1.29, 1.82) is 0 Å². The number of rotatable bonds is 5. The average molecular weight is 577 g/mol. The van der Waals surface area contributed by atoms with E-state index in [4.69, 9.17) is 9.47 Å². The van der Waals surface area contributed by atoms with Crippen molar-refractivity contribution < 1.29 is 27.8 Å². The SMILES string of the molecule is CCOC(=O)[C@@H](OC(C)(C)C)c1c(C)c2c(c(C)c1I)CN(C1CCC(F)(F)CC1)C(=O)C2. The highest BCUT2D eigenvalue weighted by molar-refractivity contribution is 14.1. The number of fused-ring (bicyclic) bond motifs is 1. The molecule has 0 aromatic heterocycles. The zero-order chi connectivity index (χ0) is 24.7. The van der Waals surface area contributed by atoms with Crippen LogP contribution < -0.4 is 0 Å². The third-order valence-electron chi connectivity index (χ3n) is 6.58. The predicted molar refractivity (Wildman–Crippen MR) is 130 cm³/mol. The maximum Gasteiger partial charge on any atom is 0.340 e. The third-order valence-corrected chi connectivity index (χ3v) is 7.97. The predicted octanol–water partition coefficient (Wildman–Crippen LogP) is 5.79. The number of esters is 1. The van der Waals surface area contributed by atoms with Crippen molar-refractivity contribution in [2.24, 2.45) is 0 Å². The summed E-state index contributed by atoms with van der Waals surface area (Å²) in [5.41, 5.74) is 4.00. The van der Waals surface area contributed by atoms with Crippen molar-refractivity contribution in [3.8, 4) is 0 Å². The number of carbonyl (C=O) groups excluding carboxylic acids is 2. The lowest BCUT2D eigenvalue weighted by molar-refractivity contribution is -0.167. The largest absolute Gasteiger partial charge is 0.464 e. The van der Waals surface area contributed by atoms with Crippen LogP contribution in [0.3, 0.4) is 0 Å². The van der Waals surface area contributed by atoms with Gasteiger partial charge in [0.2, 0.25) is 11.8 Å². The number of hydrogen-bond donors (Lipinski definition) is 0. The highest BCUT2D eigenvalue weighted by Gasteiger charge is 2.41. The van der Waals surface area contributed by atoms with Gasteiger partial charge in [0.15, 0.2) is 6.10 Å². The van der Waals surface area contributed by atoms with Gasteiger partial charge in [0.1, 0.15) is 0 Å². The smallest absolute Gasteiger partial charge is 0.340 e. The molecule has 0 bridgehead atoms. The number of benzene rings is 1. The van der Waals surface area contributed by atoms with Crippen molar-refractivity contribution in [2.45, 2.75) is 104 Å². The molecule has 1 atom stereocenters. The van der Waals surface area contributed by atoms with Crippen LogP contribution in [0.4, 0.5) is 8.78 Å². The molecule has 1 aromatic rings. The Hall–Kier alpha value is -1.29. The molecule has 0 spiro atoms. The second-order valence-electron chi connectivity index (χ2n) is 10.1. The molecule has 1 fully saturated rings. The fraction of sp³-hybridized carbons (Fsp3) is 0.680. The van der Waals surface area contributed by atoms with Crippen LogP contribution in [0.2, 0.25) is 0 Å². The van der Waals surface area contributed by atoms with Gasteiger partial charge in [-0.3, -0.25) is 4.79 Å². The molecule has 8 heteroatoms. The number of ether oxygens (including phenoxy) is 2. The summed E-state index contributed by atoms with van der Waals surface area (Å²) in [7, 11) is 0. The lowest BCUT2D eigenvalue weighted by Gasteiger charge is -2.41. The minimum atomic E-state index is -2.63. The van der Waals surface area contributed by atoms with E-state index >= 15 is 0 Å². The van der Waals surface area contributed by atoms with Crippen LogP contribution in [0.1, 0.15) is 87.3 Å². The van der Waals surface area contributed by atoms with Crippen LogP contribution in [0.15, 0.2) is 0 Å². The molecule has 0 saturated heterocycles. The summed E-state index contributed by atoms with van der Waals surface area (Å²) in [5, 5.41) is 0. The van der Waals surface area contributed by atoms with Gasteiger partial charge in [-0.05, 0) is 99.2 Å². The van der Waals surface area contributed by atoms with Crippen LogP contribution >= 0.6 is 22.6 Å². The molecule has 1 heterocycles. The molecule has 0 unspecified atom stereocenters. The highest BCUT2D eigenvalue weighted by Crippen LogP contribution is 2.41. The first-order chi connectivity index (χ1) is 15.3. The fourth-order valence-electron chi connectivity index (χ4n) is 4.86. The molecule has 5 nitrogen and oxygen atoms in total. The van der Waals surface area contributed by atoms with E-state index in [0.717, 1.165) is 31.4 Å². The molecule has 0 radical (unpaired) electrons. The quantitative estimate of drug-likeness (QED) is 0.329. The van der Waals surface area contributed by atoms with Gasteiger partial charge < -0.3 is 14.4 Å². The Morgan fingerprint density at radius 1 is 1.18 bits per heavy atom. The molecule has 2 aliphatic rings. The molecule has 0 N–H and O–H groups in total. The molecule has 1 aliphatic heterocycles. The molecular formula is C25H34F2INO4. The number of halogens is 3. The zero-order valence-electron chi connectivity index (χ0n) is 20.3. The van der Waals surface area contributed by atoms with Crippen molar-refractivity contribution in [1.82, 2.24) is 4.90 Å². The first-order valence-corrected chi connectivity index (χ1v) is 12.7. The lowest BCUT2D eigenvalue weighted by atomic mass is 9.84. The van der Waals surface area contributed by atoms with E-state index < -0.39 is 23.6 Å². The molecule has 1 saturated carbocycles. The third kappa shape index (κ3) is 5.69. The summed E-state index contributed by atoms with van der Waals surface area (Å²) < 4.78 is 39.7. The van der Waals surface area contributed by atoms with Gasteiger partial charge in [0.05, 0.1) is 18.6 Å². The Bertz CT molecular complexity index is 932. The molecule has 33 heavy (non-hydrogen) atoms. The van der Waals surface area contributed by atoms with Crippen molar-refractivity contribution >= 4 is 34.5 Å². The Labute approximate surface area is 208 Å². The zero-order valence-corrected chi connectivity index (χ0v) is 22.5. The normalized spacial score (nSPS) is 19.9. The summed E-state index contributed by atoms with van der Waals surface area (Å²) in [4.78, 5) is 27.8. The van der Waals surface area contributed by atoms with Crippen molar-refractivity contribution in [3.63, 3.8) is 0 Å². The van der Waals surface area contributed by atoms with E-state index in [2.05, 4.69) is 22.6 Å². The summed E-state index contributed by atoms with van der Waals surface area (Å²) >= 11 is 2.25. The van der Waals surface area contributed by atoms with E-state index in [1.54, 1.807) is 11.8 Å². The number of alkyl halides is 2. The molecule has 1 aromatic carbocycles. The monoisotopic (exact) mass is 577 g/mol. The van der Waals surface area contributed by atoms with E-state index in [-0.39, 0.29) is 37.8 Å². The number of hydrogen-bond acceptors (Lipinski definition) is 4. The summed E-state index contributed by atoms with van der Waals surface area (Å²) in [6, 6.07) is -0.154. The minimum absolute atomic E-state index is 0.0446. The van der Waals surface area contributed by atoms with Crippen molar-refractivity contribution in [2.75, 3.05) is 6.61 Å². The van der Waals surface area contributed by atoms with Crippen molar-refractivity contribution in [3.05, 3.63) is 31.4 Å². The topological polar surface area (TPSA) is 55.8 Å². The molecule has 184 valence electrons. The van der Waals surface area contributed by atoms with Gasteiger partial charge >= 0.3 is 5.97 Å². The fourth-order valence-corrected chi connectivity index (χ4v) is 5.87. The Morgan fingerprint density at radius 3 is 2.33 bits per heavy atom. The standard InChI is InChI=1S/C25H34F2INO4/c1-7-32-23(31)22(33-24(4,5)6)20-14(2)17-12-19(30)29(13-18(17)15(3)21(20)28)16-8-10-25(26,27)11-9-16/h16,22H,7-13H2,1-6H3/t22-/m0/s1. The highest BCUT2D eigenvalue weighted by atomic mass is 127. The van der Waals surface area contributed by atoms with E-state index in [1.165, 1.54) is 0 Å².